The summed E-state index contributed by atoms with van der Waals surface area (Å²) < 4.78 is 142. The zero-order valence-corrected chi connectivity index (χ0v) is 79.4. The van der Waals surface area contributed by atoms with E-state index in [2.05, 4.69) is 35.2 Å². The van der Waals surface area contributed by atoms with E-state index in [0.717, 1.165) is 73.0 Å². The zero-order valence-electron chi connectivity index (χ0n) is 77.7. The largest absolute Gasteiger partial charge is 0.463 e. The number of ether oxygens (including phenoxy) is 24. The number of benzene rings is 2. The molecule has 2 aromatic rings. The molecule has 3 amide bonds. The summed E-state index contributed by atoms with van der Waals surface area (Å²) in [6, 6.07) is 15.1. The molecule has 0 aliphatic carbocycles. The average Bonchev–Trinajstić information content (AvgIpc) is 0.752. The molecule has 0 spiro atoms. The van der Waals surface area contributed by atoms with Crippen LogP contribution in [0.25, 0.3) is 0 Å². The summed E-state index contributed by atoms with van der Waals surface area (Å²) >= 11 is 5.40. The number of nitrogens with one attached hydrogen (secondary N) is 3. The topological polar surface area (TPSA) is 584 Å². The van der Waals surface area contributed by atoms with Crippen LogP contribution < -0.4 is 16.0 Å². The molecule has 8 aliphatic rings. The first-order valence-electron chi connectivity index (χ1n) is 44.6. The minimum Gasteiger partial charge on any atom is -0.463 e. The Balaban J connectivity index is 0.000000259. The van der Waals surface area contributed by atoms with Crippen LogP contribution in [-0.2, 0) is 171 Å². The molecule has 0 saturated carbocycles. The van der Waals surface area contributed by atoms with Gasteiger partial charge < -0.3 is 160 Å². The molecule has 10 rings (SSSR count). The summed E-state index contributed by atoms with van der Waals surface area (Å²) in [5, 5.41) is 68.3. The molecular weight excluding hydrogens is 1850 g/mol. The summed E-state index contributed by atoms with van der Waals surface area (Å²) in [5.74, 6) is -6.10. The SMILES string of the molecule is C=CCCCOC1OC2COC(c3ccccc3)OC2C(OC2OC(COC(C)=O)C(OC(C)=O)C(OC(C)=O)C2OC(C)=O)C1NC(C)=O.CC(=O)NC1C(OCCCCCS)OC(CO)C(O)C1OC1OC(CO)C(O)C(O)C1O.CC(=O)NC1C(OCCCCCSC(C)=O)OC2COC(c3ccccc3)OC2C1OC1OC(COC(C)=O)C(OC(C)=O)C(OC(C)=O)C1OC(C)=O. The molecule has 2 aromatic carbocycles. The number of aliphatic hydroxyl groups is 6. The molecule has 8 aliphatic heterocycles. The number of hydrogen-bond donors (Lipinski definition) is 10. The minimum absolute atomic E-state index is 0.0254. The van der Waals surface area contributed by atoms with Crippen molar-refractivity contribution in [2.24, 2.45) is 0 Å². The van der Waals surface area contributed by atoms with Crippen LogP contribution in [0.3, 0.4) is 0 Å². The van der Waals surface area contributed by atoms with Gasteiger partial charge >= 0.3 is 47.8 Å². The Bertz CT molecular complexity index is 4130. The molecule has 8 saturated heterocycles. The van der Waals surface area contributed by atoms with Crippen LogP contribution in [-0.4, -0.2) is 356 Å². The lowest BCUT2D eigenvalue weighted by Crippen LogP contribution is -2.70. The van der Waals surface area contributed by atoms with E-state index in [1.54, 1.807) is 6.08 Å². The van der Waals surface area contributed by atoms with Gasteiger partial charge in [0.05, 0.1) is 33.0 Å². The van der Waals surface area contributed by atoms with E-state index < -0.39 is 289 Å². The monoisotopic (exact) mass is 1980 g/mol. The van der Waals surface area contributed by atoms with Crippen LogP contribution in [0.4, 0.5) is 0 Å². The van der Waals surface area contributed by atoms with Crippen molar-refractivity contribution in [3.8, 4) is 0 Å². The molecule has 136 heavy (non-hydrogen) atoms. The van der Waals surface area contributed by atoms with Gasteiger partial charge in [0, 0.05) is 113 Å². The fourth-order valence-corrected chi connectivity index (χ4v) is 16.8. The lowest BCUT2D eigenvalue weighted by atomic mass is 9.94. The molecule has 8 fully saturated rings. The molecule has 47 heteroatoms. The highest BCUT2D eigenvalue weighted by molar-refractivity contribution is 8.13. The van der Waals surface area contributed by atoms with Gasteiger partial charge in [-0.05, 0) is 44.3 Å². The van der Waals surface area contributed by atoms with E-state index in [-0.39, 0.29) is 38.1 Å². The zero-order chi connectivity index (χ0) is 99.6. The smallest absolute Gasteiger partial charge is 0.303 e. The Morgan fingerprint density at radius 2 is 0.750 bits per heavy atom. The Morgan fingerprint density at radius 3 is 1.13 bits per heavy atom. The Hall–Kier alpha value is -8.16. The number of thioether (sulfide) groups is 1. The summed E-state index contributed by atoms with van der Waals surface area (Å²) in [5.41, 5.74) is 1.40. The molecule has 45 nitrogen and oxygen atoms in total. The lowest BCUT2D eigenvalue weighted by molar-refractivity contribution is -0.378. The number of carbonyl (C=O) groups is 12. The van der Waals surface area contributed by atoms with E-state index in [9.17, 15) is 88.2 Å². The number of unbranched alkanes of at least 4 members (excludes halogenated alkanes) is 5. The normalized spacial score (nSPS) is 33.4. The van der Waals surface area contributed by atoms with Crippen molar-refractivity contribution < 1.29 is 202 Å². The maximum absolute atomic E-state index is 12.7. The average molecular weight is 1980 g/mol. The second kappa shape index (κ2) is 56.9. The van der Waals surface area contributed by atoms with Gasteiger partial charge in [-0.25, -0.2) is 0 Å². The van der Waals surface area contributed by atoms with Gasteiger partial charge in [-0.2, -0.15) is 12.6 Å². The van der Waals surface area contributed by atoms with Gasteiger partial charge in [0.25, 0.3) is 0 Å². The predicted molar refractivity (Wildman–Crippen MR) is 466 cm³/mol. The summed E-state index contributed by atoms with van der Waals surface area (Å²) in [6.07, 6.45) is -29.3. The predicted octanol–water partition coefficient (Wildman–Crippen LogP) is 0.917. The highest BCUT2D eigenvalue weighted by Crippen LogP contribution is 2.43. The first-order valence-corrected chi connectivity index (χ1v) is 46.3. The molecule has 0 aromatic heterocycles. The second-order valence-electron chi connectivity index (χ2n) is 32.7. The number of rotatable bonds is 41. The number of hydrogen-bond acceptors (Lipinski definition) is 44. The number of allylic oxidation sites excluding steroid dienone is 1. The molecule has 8 heterocycles. The summed E-state index contributed by atoms with van der Waals surface area (Å²) in [4.78, 5) is 146. The van der Waals surface area contributed by atoms with Crippen molar-refractivity contribution in [2.45, 2.75) is 331 Å². The van der Waals surface area contributed by atoms with E-state index in [1.807, 2.05) is 60.7 Å². The van der Waals surface area contributed by atoms with Gasteiger partial charge in [-0.15, -0.1) is 6.58 Å². The van der Waals surface area contributed by atoms with Crippen molar-refractivity contribution in [1.82, 2.24) is 16.0 Å². The molecular formula is C89H129N3O42S2. The third-order valence-corrected chi connectivity index (χ3v) is 22.9. The van der Waals surface area contributed by atoms with Crippen LogP contribution in [0.2, 0.25) is 0 Å². The lowest BCUT2D eigenvalue weighted by Gasteiger charge is -2.51. The molecule has 0 bridgehead atoms. The van der Waals surface area contributed by atoms with Crippen LogP contribution >= 0.6 is 24.4 Å². The highest BCUT2D eigenvalue weighted by atomic mass is 32.2. The Morgan fingerprint density at radius 1 is 0.390 bits per heavy atom. The second-order valence-corrected chi connectivity index (χ2v) is 34.4. The van der Waals surface area contributed by atoms with Crippen molar-refractivity contribution in [1.29, 1.82) is 0 Å². The number of esters is 8. The van der Waals surface area contributed by atoms with E-state index >= 15 is 0 Å². The van der Waals surface area contributed by atoms with E-state index in [4.69, 9.17) is 114 Å². The number of amides is 3. The quantitative estimate of drug-likeness (QED) is 0.0145. The van der Waals surface area contributed by atoms with Gasteiger partial charge in [0.2, 0.25) is 17.7 Å². The summed E-state index contributed by atoms with van der Waals surface area (Å²) in [7, 11) is 0. The van der Waals surface area contributed by atoms with Crippen molar-refractivity contribution in [2.75, 3.05) is 71.0 Å². The standard InChI is InChI=1S/C36H49NO16S.C34H45NO15.C19H35NO11S/c1-19(38)37-28-31(53-36-33(49-23(5)42)32(48-22(4)41)30(47-21(3)40)26(51-36)17-45-20(2)39)29-27(18-46-34(52-29)25-13-9-7-10-14-25)50-35(28)44-15-11-8-12-16-54-24(6)43;1-7-8-12-15-41-33-26(35-18(2)36)29(27-25(47-33)17-43-32(49-27)23-13-10-9-11-14-23)50-34-31(46-22(6)40)30(45-21(5)39)28(44-20(4)38)24(48-34)16-42-19(3)37;1-9(23)20-12-17(31-19-16(27)15(26)13(24)10(7-21)30-19)14(25)11(8-22)29-18(12)28-5-3-2-4-6-32/h7,9-10,13-14,26-36H,8,11-12,15-18H2,1-6H3,(H,37,38);7,9-11,13-14,24-34H,1,8,12,15-17H2,2-6H3,(H,35,36);10-19,21-22,24-27,32H,2-8H2,1H3,(H,20,23). The molecule has 764 valence electrons. The fourth-order valence-electron chi connectivity index (χ4n) is 15.9. The van der Waals surface area contributed by atoms with E-state index in [0.29, 0.717) is 42.6 Å². The number of fused-ring (bicyclic) bond motifs is 2. The molecule has 0 radical (unpaired) electrons. The van der Waals surface area contributed by atoms with Crippen LogP contribution in [0, 0.1) is 0 Å². The highest BCUT2D eigenvalue weighted by Gasteiger charge is 2.61. The van der Waals surface area contributed by atoms with Crippen molar-refractivity contribution in [3.05, 3.63) is 84.4 Å². The number of aliphatic hydroxyl groups excluding tert-OH is 6. The fraction of sp³-hybridized carbons (Fsp3) is 0.708. The summed E-state index contributed by atoms with van der Waals surface area (Å²) in [6.45, 7) is 16.8. The number of carbonyl (C=O) groups excluding carboxylic acids is 12. The number of thiol groups is 1. The minimum atomic E-state index is -1.71. The maximum Gasteiger partial charge on any atom is 0.303 e. The molecule has 9 N–H and O–H groups in total. The van der Waals surface area contributed by atoms with Crippen molar-refractivity contribution in [3.63, 3.8) is 0 Å². The first-order chi connectivity index (χ1) is 64.8. The van der Waals surface area contributed by atoms with Crippen LogP contribution in [0.1, 0.15) is 158 Å². The van der Waals surface area contributed by atoms with Gasteiger partial charge in [-0.3, -0.25) is 57.5 Å². The van der Waals surface area contributed by atoms with Gasteiger partial charge in [-0.1, -0.05) is 91.3 Å². The molecule has 32 unspecified atom stereocenters. The van der Waals surface area contributed by atoms with Crippen LogP contribution in [0.5, 0.6) is 0 Å². The molecule has 32 atom stereocenters. The first kappa shape index (κ1) is 113. The van der Waals surface area contributed by atoms with Crippen LogP contribution in [0.15, 0.2) is 73.3 Å². The Kier molecular flexibility index (Phi) is 47.4. The third-order valence-electron chi connectivity index (χ3n) is 21.7. The van der Waals surface area contributed by atoms with Gasteiger partial charge in [0.15, 0.2) is 92.1 Å². The van der Waals surface area contributed by atoms with E-state index in [1.165, 1.54) is 53.3 Å². The third kappa shape index (κ3) is 34.4. The van der Waals surface area contributed by atoms with Gasteiger partial charge in [0.1, 0.15) is 123 Å². The Labute approximate surface area is 795 Å². The van der Waals surface area contributed by atoms with Crippen molar-refractivity contribution >= 4 is 95.0 Å². The maximum atomic E-state index is 12.7.